The van der Waals surface area contributed by atoms with Crippen molar-refractivity contribution in [3.8, 4) is 0 Å². The minimum Gasteiger partial charge on any atom is -0.393 e. The van der Waals surface area contributed by atoms with Crippen LogP contribution in [0.4, 0.5) is 0 Å². The second-order valence-electron chi connectivity index (χ2n) is 11.3. The molecule has 0 radical (unpaired) electrons. The topological polar surface area (TPSA) is 60.7 Å². The van der Waals surface area contributed by atoms with Crippen LogP contribution in [0.15, 0.2) is 0 Å². The van der Waals surface area contributed by atoms with Gasteiger partial charge in [-0.1, -0.05) is 40.5 Å². The Balaban J connectivity index is 1.69. The molecule has 0 aromatic rings. The summed E-state index contributed by atoms with van der Waals surface area (Å²) in [7, 11) is 0. The third-order valence-corrected chi connectivity index (χ3v) is 10.2. The third-order valence-electron chi connectivity index (χ3n) is 10.2. The predicted molar refractivity (Wildman–Crippen MR) is 108 cm³/mol. The lowest BCUT2D eigenvalue weighted by Crippen LogP contribution is -2.64. The van der Waals surface area contributed by atoms with Gasteiger partial charge in [-0.25, -0.2) is 0 Å². The van der Waals surface area contributed by atoms with E-state index in [1.54, 1.807) is 0 Å². The van der Waals surface area contributed by atoms with Gasteiger partial charge in [-0.05, 0) is 91.3 Å². The molecule has 0 aliphatic heterocycles. The highest BCUT2D eigenvalue weighted by molar-refractivity contribution is 5.14. The molecule has 0 aromatic carbocycles. The molecule has 0 spiro atoms. The lowest BCUT2D eigenvalue weighted by molar-refractivity contribution is -0.222. The maximum absolute atomic E-state index is 11.9. The third kappa shape index (κ3) is 2.86. The van der Waals surface area contributed by atoms with Gasteiger partial charge in [-0.15, -0.1) is 0 Å². The summed E-state index contributed by atoms with van der Waals surface area (Å²) >= 11 is 0. The van der Waals surface area contributed by atoms with E-state index in [1.165, 1.54) is 25.7 Å². The molecule has 3 N–H and O–H groups in total. The van der Waals surface area contributed by atoms with Crippen molar-refractivity contribution in [3.63, 3.8) is 0 Å². The van der Waals surface area contributed by atoms with Crippen molar-refractivity contribution in [1.29, 1.82) is 0 Å². The molecule has 2 unspecified atom stereocenters. The number of fused-ring (bicyclic) bond motifs is 4. The highest BCUT2D eigenvalue weighted by atomic mass is 16.3. The van der Waals surface area contributed by atoms with Crippen LogP contribution < -0.4 is 0 Å². The quantitative estimate of drug-likeness (QED) is 0.683. The van der Waals surface area contributed by atoms with Crippen molar-refractivity contribution in [2.45, 2.75) is 104 Å². The molecule has 0 aromatic heterocycles. The maximum Gasteiger partial charge on any atom is 0.0636 e. The van der Waals surface area contributed by atoms with Gasteiger partial charge in [-0.3, -0.25) is 0 Å². The summed E-state index contributed by atoms with van der Waals surface area (Å²) in [5.41, 5.74) is 0.0636. The fourth-order valence-corrected chi connectivity index (χ4v) is 8.70. The van der Waals surface area contributed by atoms with Crippen molar-refractivity contribution in [1.82, 2.24) is 0 Å². The first-order chi connectivity index (χ1) is 12.7. The molecule has 4 fully saturated rings. The molecule has 4 aliphatic carbocycles. The Hall–Kier alpha value is -0.120. The average molecular weight is 379 g/mol. The molecule has 0 bridgehead atoms. The van der Waals surface area contributed by atoms with E-state index in [1.807, 2.05) is 0 Å². The Morgan fingerprint density at radius 2 is 1.70 bits per heavy atom. The van der Waals surface area contributed by atoms with Crippen LogP contribution in [0.2, 0.25) is 0 Å². The Morgan fingerprint density at radius 1 is 0.963 bits per heavy atom. The van der Waals surface area contributed by atoms with Crippen LogP contribution in [0.25, 0.3) is 0 Å². The van der Waals surface area contributed by atoms with Gasteiger partial charge in [-0.2, -0.15) is 0 Å². The Bertz CT molecular complexity index is 550. The van der Waals surface area contributed by atoms with E-state index in [9.17, 15) is 15.3 Å². The molecule has 4 aliphatic rings. The molecule has 27 heavy (non-hydrogen) atoms. The van der Waals surface area contributed by atoms with E-state index in [4.69, 9.17) is 0 Å². The van der Waals surface area contributed by atoms with Gasteiger partial charge in [0.1, 0.15) is 0 Å². The van der Waals surface area contributed by atoms with E-state index in [-0.39, 0.29) is 41.0 Å². The van der Waals surface area contributed by atoms with Crippen LogP contribution >= 0.6 is 0 Å². The van der Waals surface area contributed by atoms with Crippen LogP contribution in [0.1, 0.15) is 85.5 Å². The van der Waals surface area contributed by atoms with E-state index < -0.39 is 0 Å². The summed E-state index contributed by atoms with van der Waals surface area (Å²) in [4.78, 5) is 0. The van der Waals surface area contributed by atoms with Gasteiger partial charge < -0.3 is 15.3 Å². The summed E-state index contributed by atoms with van der Waals surface area (Å²) in [6, 6.07) is 0. The number of hydrogen-bond acceptors (Lipinski definition) is 3. The molecule has 156 valence electrons. The van der Waals surface area contributed by atoms with Gasteiger partial charge in [0.05, 0.1) is 18.3 Å². The fourth-order valence-electron chi connectivity index (χ4n) is 8.70. The summed E-state index contributed by atoms with van der Waals surface area (Å²) in [5, 5.41) is 33.2. The fraction of sp³-hybridized carbons (Fsp3) is 1.00. The van der Waals surface area contributed by atoms with E-state index in [0.29, 0.717) is 23.7 Å². The van der Waals surface area contributed by atoms with Crippen LogP contribution in [0.5, 0.6) is 0 Å². The maximum atomic E-state index is 11.9. The second-order valence-corrected chi connectivity index (χ2v) is 11.3. The van der Waals surface area contributed by atoms with Gasteiger partial charge >= 0.3 is 0 Å². The summed E-state index contributed by atoms with van der Waals surface area (Å²) in [6.45, 7) is 9.44. The summed E-state index contributed by atoms with van der Waals surface area (Å²) in [6.07, 6.45) is 8.68. The first kappa shape index (κ1) is 20.2. The molecule has 0 heterocycles. The van der Waals surface area contributed by atoms with Crippen molar-refractivity contribution >= 4 is 0 Å². The van der Waals surface area contributed by atoms with Crippen molar-refractivity contribution < 1.29 is 15.3 Å². The summed E-state index contributed by atoms with van der Waals surface area (Å²) in [5.74, 6) is 2.61. The monoisotopic (exact) mass is 378 g/mol. The van der Waals surface area contributed by atoms with Crippen molar-refractivity contribution in [3.05, 3.63) is 0 Å². The van der Waals surface area contributed by atoms with Crippen LogP contribution in [0.3, 0.4) is 0 Å². The molecular weight excluding hydrogens is 336 g/mol. The summed E-state index contributed by atoms with van der Waals surface area (Å²) < 4.78 is 0. The first-order valence-corrected chi connectivity index (χ1v) is 11.8. The van der Waals surface area contributed by atoms with E-state index in [0.717, 1.165) is 32.1 Å². The Morgan fingerprint density at radius 3 is 2.41 bits per heavy atom. The molecule has 3 heteroatoms. The Labute approximate surface area is 165 Å². The number of aliphatic hydroxyl groups is 3. The van der Waals surface area contributed by atoms with Crippen molar-refractivity contribution in [2.24, 2.45) is 46.3 Å². The van der Waals surface area contributed by atoms with Gasteiger partial charge in [0, 0.05) is 0 Å². The lowest BCUT2D eigenvalue weighted by atomic mass is 9.43. The standard InChI is InChI=1S/C24H42O3/c1-5-6-14(2)19-8-7-15-12-18-20(26)13-16-11-17(25)9-10-23(16,3)21(18)22(27)24(15,19)4/h14-22,25-27H,5-13H2,1-4H3/t14-,15-,16?,17-,18-,19-,20-,21?,22+,23+,24+/m1/s1. The second kappa shape index (κ2) is 6.99. The normalized spacial score (nSPS) is 56.1. The number of rotatable bonds is 3. The smallest absolute Gasteiger partial charge is 0.0636 e. The molecule has 4 saturated carbocycles. The molecule has 11 atom stereocenters. The molecular formula is C24H42O3. The van der Waals surface area contributed by atoms with Crippen LogP contribution in [-0.4, -0.2) is 33.6 Å². The van der Waals surface area contributed by atoms with E-state index >= 15 is 0 Å². The minimum absolute atomic E-state index is 0.00354. The highest BCUT2D eigenvalue weighted by Gasteiger charge is 2.65. The molecule has 3 nitrogen and oxygen atoms in total. The number of hydrogen-bond donors (Lipinski definition) is 3. The zero-order valence-corrected chi connectivity index (χ0v) is 17.9. The van der Waals surface area contributed by atoms with Crippen LogP contribution in [-0.2, 0) is 0 Å². The average Bonchev–Trinajstić information content (AvgIpc) is 2.95. The molecule has 0 amide bonds. The molecule has 4 rings (SSSR count). The van der Waals surface area contributed by atoms with Gasteiger partial charge in [0.15, 0.2) is 0 Å². The SMILES string of the molecule is CCC[C@@H](C)[C@H]1CC[C@@H]2C[C@H]3C([C@H](O)[C@@]21C)[C@@]1(C)CC[C@@H](O)CC1C[C@H]3O. The Kier molecular flexibility index (Phi) is 5.22. The zero-order chi connectivity index (χ0) is 19.6. The zero-order valence-electron chi connectivity index (χ0n) is 17.9. The highest BCUT2D eigenvalue weighted by Crippen LogP contribution is 2.67. The van der Waals surface area contributed by atoms with Crippen LogP contribution in [0, 0.1) is 46.3 Å². The number of aliphatic hydroxyl groups excluding tert-OH is 3. The predicted octanol–water partition coefficient (Wildman–Crippen LogP) is 4.38. The van der Waals surface area contributed by atoms with Gasteiger partial charge in [0.25, 0.3) is 0 Å². The largest absolute Gasteiger partial charge is 0.393 e. The van der Waals surface area contributed by atoms with Gasteiger partial charge in [0.2, 0.25) is 0 Å². The minimum atomic E-state index is -0.314. The molecule has 0 saturated heterocycles. The van der Waals surface area contributed by atoms with Crippen molar-refractivity contribution in [2.75, 3.05) is 0 Å². The lowest BCUT2D eigenvalue weighted by Gasteiger charge is -2.64. The van der Waals surface area contributed by atoms with E-state index in [2.05, 4.69) is 27.7 Å². The first-order valence-electron chi connectivity index (χ1n) is 11.8.